The predicted molar refractivity (Wildman–Crippen MR) is 65.4 cm³/mol. The minimum Gasteiger partial charge on any atom is -0.372 e. The van der Waals surface area contributed by atoms with E-state index in [0.29, 0.717) is 24.6 Å². The van der Waals surface area contributed by atoms with Crippen molar-refractivity contribution in [1.82, 2.24) is 15.1 Å². The molecule has 0 saturated carbocycles. The van der Waals surface area contributed by atoms with Crippen LogP contribution in [0.2, 0.25) is 0 Å². The Kier molecular flexibility index (Phi) is 2.87. The lowest BCUT2D eigenvalue weighted by Gasteiger charge is -2.31. The van der Waals surface area contributed by atoms with Gasteiger partial charge in [-0.2, -0.15) is 0 Å². The summed E-state index contributed by atoms with van der Waals surface area (Å²) in [4.78, 5) is 14.1. The largest absolute Gasteiger partial charge is 0.372 e. The molecule has 0 radical (unpaired) electrons. The number of anilines is 1. The van der Waals surface area contributed by atoms with Crippen LogP contribution >= 0.6 is 0 Å². The van der Waals surface area contributed by atoms with Crippen LogP contribution in [-0.4, -0.2) is 53.3 Å². The fourth-order valence-electron chi connectivity index (χ4n) is 2.52. The number of amides is 1. The quantitative estimate of drug-likeness (QED) is 0.826. The van der Waals surface area contributed by atoms with Crippen LogP contribution in [0.3, 0.4) is 0 Å². The Morgan fingerprint density at radius 1 is 1.33 bits per heavy atom. The van der Waals surface area contributed by atoms with Crippen molar-refractivity contribution in [3.8, 4) is 0 Å². The Hall–Kier alpha value is -1.69. The smallest absolute Gasteiger partial charge is 0.274 e. The Morgan fingerprint density at radius 3 is 2.61 bits per heavy atom. The number of aromatic nitrogens is 2. The number of likely N-dealkylation sites (tertiary alicyclic amines) is 1. The van der Waals surface area contributed by atoms with E-state index in [2.05, 4.69) is 15.5 Å². The number of nitrogens with one attached hydrogen (secondary N) is 1. The maximum absolute atomic E-state index is 12.3. The maximum Gasteiger partial charge on any atom is 0.274 e. The van der Waals surface area contributed by atoms with Crippen LogP contribution in [0.5, 0.6) is 0 Å². The van der Waals surface area contributed by atoms with Gasteiger partial charge in [-0.1, -0.05) is 0 Å². The van der Waals surface area contributed by atoms with Crippen LogP contribution < -0.4 is 5.32 Å². The Morgan fingerprint density at radius 2 is 2.06 bits per heavy atom. The third-order valence-electron chi connectivity index (χ3n) is 3.47. The number of ether oxygens (including phenoxy) is 1. The molecule has 2 bridgehead atoms. The van der Waals surface area contributed by atoms with Gasteiger partial charge in [0.25, 0.3) is 5.91 Å². The van der Waals surface area contributed by atoms with Crippen LogP contribution in [0.15, 0.2) is 12.1 Å². The lowest BCUT2D eigenvalue weighted by Crippen LogP contribution is -2.46. The van der Waals surface area contributed by atoms with Gasteiger partial charge in [-0.25, -0.2) is 0 Å². The topological polar surface area (TPSA) is 67.4 Å². The first-order chi connectivity index (χ1) is 8.76. The molecule has 0 spiro atoms. The first-order valence-electron chi connectivity index (χ1n) is 6.22. The number of carbonyl (C=O) groups excluding carboxylic acids is 1. The van der Waals surface area contributed by atoms with E-state index in [0.717, 1.165) is 12.8 Å². The summed E-state index contributed by atoms with van der Waals surface area (Å²) < 4.78 is 5.71. The Balaban J connectivity index is 1.73. The third-order valence-corrected chi connectivity index (χ3v) is 3.47. The minimum atomic E-state index is -0.0506. The van der Waals surface area contributed by atoms with E-state index < -0.39 is 0 Å². The average molecular weight is 248 g/mol. The highest BCUT2D eigenvalue weighted by Crippen LogP contribution is 2.26. The maximum atomic E-state index is 12.3. The molecule has 1 aromatic rings. The van der Waals surface area contributed by atoms with Crippen LogP contribution in [-0.2, 0) is 4.74 Å². The summed E-state index contributed by atoms with van der Waals surface area (Å²) in [6.45, 7) is 1.34. The zero-order valence-corrected chi connectivity index (χ0v) is 10.3. The van der Waals surface area contributed by atoms with Crippen LogP contribution in [0.4, 0.5) is 5.82 Å². The van der Waals surface area contributed by atoms with Gasteiger partial charge < -0.3 is 15.0 Å². The molecule has 1 N–H and O–H groups in total. The van der Waals surface area contributed by atoms with Crippen LogP contribution in [0.25, 0.3) is 0 Å². The molecule has 1 amide bonds. The highest BCUT2D eigenvalue weighted by molar-refractivity contribution is 5.92. The van der Waals surface area contributed by atoms with Crippen molar-refractivity contribution < 1.29 is 9.53 Å². The summed E-state index contributed by atoms with van der Waals surface area (Å²) in [5.74, 6) is 0.610. The fraction of sp³-hybridized carbons (Fsp3) is 0.583. The van der Waals surface area contributed by atoms with Crippen molar-refractivity contribution in [2.75, 3.05) is 25.5 Å². The minimum absolute atomic E-state index is 0.0506. The highest BCUT2D eigenvalue weighted by Gasteiger charge is 2.36. The number of nitrogens with zero attached hydrogens (tertiary/aromatic N) is 3. The second-order valence-corrected chi connectivity index (χ2v) is 4.72. The van der Waals surface area contributed by atoms with Gasteiger partial charge in [0, 0.05) is 20.1 Å². The first kappa shape index (κ1) is 11.4. The third kappa shape index (κ3) is 2.03. The molecular formula is C12H16N4O2. The van der Waals surface area contributed by atoms with Gasteiger partial charge in [0.1, 0.15) is 5.82 Å². The molecule has 1 aromatic heterocycles. The number of morpholine rings is 1. The normalized spacial score (nSPS) is 26.2. The van der Waals surface area contributed by atoms with Gasteiger partial charge in [0.05, 0.1) is 12.2 Å². The van der Waals surface area contributed by atoms with E-state index in [1.54, 1.807) is 19.2 Å². The van der Waals surface area contributed by atoms with Crippen molar-refractivity contribution in [2.24, 2.45) is 0 Å². The monoisotopic (exact) mass is 248 g/mol. The van der Waals surface area contributed by atoms with E-state index in [4.69, 9.17) is 4.74 Å². The molecule has 3 heterocycles. The van der Waals surface area contributed by atoms with Gasteiger partial charge in [0.15, 0.2) is 5.69 Å². The molecule has 3 rings (SSSR count). The van der Waals surface area contributed by atoms with E-state index in [9.17, 15) is 4.79 Å². The predicted octanol–water partition coefficient (Wildman–Crippen LogP) is 0.522. The molecule has 6 nitrogen and oxygen atoms in total. The fourth-order valence-corrected chi connectivity index (χ4v) is 2.52. The van der Waals surface area contributed by atoms with Gasteiger partial charge in [0.2, 0.25) is 0 Å². The van der Waals surface area contributed by atoms with Crippen molar-refractivity contribution in [3.63, 3.8) is 0 Å². The van der Waals surface area contributed by atoms with Gasteiger partial charge >= 0.3 is 0 Å². The summed E-state index contributed by atoms with van der Waals surface area (Å²) >= 11 is 0. The van der Waals surface area contributed by atoms with E-state index >= 15 is 0 Å². The second-order valence-electron chi connectivity index (χ2n) is 4.72. The molecule has 0 aromatic carbocycles. The molecule has 2 atom stereocenters. The zero-order valence-electron chi connectivity index (χ0n) is 10.3. The average Bonchev–Trinajstić information content (AvgIpc) is 2.77. The first-order valence-corrected chi connectivity index (χ1v) is 6.22. The molecule has 18 heavy (non-hydrogen) atoms. The lowest BCUT2D eigenvalue weighted by molar-refractivity contribution is -0.0305. The molecule has 2 saturated heterocycles. The summed E-state index contributed by atoms with van der Waals surface area (Å²) in [5.41, 5.74) is 0.398. The number of rotatable bonds is 2. The molecule has 6 heteroatoms. The van der Waals surface area contributed by atoms with E-state index in [-0.39, 0.29) is 18.1 Å². The summed E-state index contributed by atoms with van der Waals surface area (Å²) in [6, 6.07) is 3.47. The molecule has 96 valence electrons. The molecule has 2 fully saturated rings. The molecule has 2 aliphatic heterocycles. The summed E-state index contributed by atoms with van der Waals surface area (Å²) in [5, 5.41) is 10.8. The standard InChI is InChI=1S/C12H16N4O2/c1-13-11-5-4-10(14-15-11)12(17)16-6-8-2-3-9(7-16)18-8/h4-5,8-9H,2-3,6-7H2,1H3,(H,13,15). The van der Waals surface area contributed by atoms with Crippen molar-refractivity contribution in [3.05, 3.63) is 17.8 Å². The number of fused-ring (bicyclic) bond motifs is 2. The molecule has 2 unspecified atom stereocenters. The highest BCUT2D eigenvalue weighted by atomic mass is 16.5. The van der Waals surface area contributed by atoms with Gasteiger partial charge in [-0.15, -0.1) is 10.2 Å². The Labute approximate surface area is 105 Å². The van der Waals surface area contributed by atoms with E-state index in [1.165, 1.54) is 0 Å². The van der Waals surface area contributed by atoms with Gasteiger partial charge in [-0.05, 0) is 25.0 Å². The Bertz CT molecular complexity index is 436. The summed E-state index contributed by atoms with van der Waals surface area (Å²) in [7, 11) is 1.77. The van der Waals surface area contributed by atoms with E-state index in [1.807, 2.05) is 4.90 Å². The number of hydrogen-bond donors (Lipinski definition) is 1. The molecule has 2 aliphatic rings. The lowest BCUT2D eigenvalue weighted by atomic mass is 10.2. The summed E-state index contributed by atoms with van der Waals surface area (Å²) in [6.07, 6.45) is 2.52. The van der Waals surface area contributed by atoms with Crippen molar-refractivity contribution in [1.29, 1.82) is 0 Å². The van der Waals surface area contributed by atoms with Crippen LogP contribution in [0.1, 0.15) is 23.3 Å². The number of hydrogen-bond acceptors (Lipinski definition) is 5. The zero-order chi connectivity index (χ0) is 12.5. The van der Waals surface area contributed by atoms with Crippen LogP contribution in [0, 0.1) is 0 Å². The number of carbonyl (C=O) groups is 1. The van der Waals surface area contributed by atoms with Gasteiger partial charge in [-0.3, -0.25) is 4.79 Å². The SMILES string of the molecule is CNc1ccc(C(=O)N2CC3CCC(C2)O3)nn1. The molecular weight excluding hydrogens is 232 g/mol. The molecule has 0 aliphatic carbocycles. The van der Waals surface area contributed by atoms with Crippen molar-refractivity contribution in [2.45, 2.75) is 25.0 Å². The second kappa shape index (κ2) is 4.53. The van der Waals surface area contributed by atoms with Crippen molar-refractivity contribution >= 4 is 11.7 Å².